The van der Waals surface area contributed by atoms with Gasteiger partial charge in [0.2, 0.25) is 0 Å². The number of ether oxygens (including phenoxy) is 1. The summed E-state index contributed by atoms with van der Waals surface area (Å²) in [5.74, 6) is 0.293. The molecule has 0 atom stereocenters. The van der Waals surface area contributed by atoms with Crippen molar-refractivity contribution < 1.29 is 69.1 Å². The number of benzene rings is 1. The minimum absolute atomic E-state index is 0. The molecule has 0 saturated heterocycles. The van der Waals surface area contributed by atoms with Gasteiger partial charge in [-0.05, 0) is 18.6 Å². The van der Waals surface area contributed by atoms with E-state index in [1.807, 2.05) is 0 Å². The van der Waals surface area contributed by atoms with Gasteiger partial charge in [-0.15, -0.1) is 0 Å². The molecule has 0 aliphatic rings. The molecule has 0 bridgehead atoms. The van der Waals surface area contributed by atoms with E-state index < -0.39 is 13.5 Å². The van der Waals surface area contributed by atoms with Gasteiger partial charge in [-0.3, -0.25) is 0 Å². The summed E-state index contributed by atoms with van der Waals surface area (Å²) in [5.41, 5.74) is 0.711. The molecule has 1 aromatic rings. The van der Waals surface area contributed by atoms with Gasteiger partial charge in [0.05, 0.1) is 6.51 Å². The van der Waals surface area contributed by atoms with E-state index in [0.717, 1.165) is 0 Å². The molecular formula is C8H9BF3KO. The average molecular weight is 228 g/mol. The zero-order valence-corrected chi connectivity index (χ0v) is 11.3. The Bertz CT molecular complexity index is 290. The topological polar surface area (TPSA) is 9.23 Å². The first-order valence-electron chi connectivity index (χ1n) is 3.88. The maximum absolute atomic E-state index is 11.8. The van der Waals surface area contributed by atoms with Crippen molar-refractivity contribution in [2.24, 2.45) is 0 Å². The Morgan fingerprint density at radius 2 is 1.79 bits per heavy atom. The van der Waals surface area contributed by atoms with Crippen LogP contribution in [0.4, 0.5) is 12.9 Å². The van der Waals surface area contributed by atoms with Crippen LogP contribution in [0.25, 0.3) is 0 Å². The van der Waals surface area contributed by atoms with Crippen LogP contribution in [0.2, 0.25) is 0 Å². The van der Waals surface area contributed by atoms with E-state index in [0.29, 0.717) is 11.3 Å². The number of hydrogen-bond acceptors (Lipinski definition) is 1. The fourth-order valence-corrected chi connectivity index (χ4v) is 0.903. The predicted molar refractivity (Wildman–Crippen MR) is 45.8 cm³/mol. The maximum Gasteiger partial charge on any atom is 1.00 e. The third-order valence-corrected chi connectivity index (χ3v) is 1.52. The molecule has 0 unspecified atom stereocenters. The van der Waals surface area contributed by atoms with Crippen LogP contribution in [0.1, 0.15) is 5.56 Å². The molecule has 0 aliphatic carbocycles. The first-order valence-corrected chi connectivity index (χ1v) is 3.88. The summed E-state index contributed by atoms with van der Waals surface area (Å²) >= 11 is 0. The number of aryl methyl sites for hydroxylation is 1. The zero-order chi connectivity index (χ0) is 9.90. The second kappa shape index (κ2) is 6.17. The molecule has 0 N–H and O–H groups in total. The van der Waals surface area contributed by atoms with E-state index in [2.05, 4.69) is 4.74 Å². The Hall–Kier alpha value is 0.511. The van der Waals surface area contributed by atoms with Gasteiger partial charge in [0.15, 0.2) is 0 Å². The smallest absolute Gasteiger partial charge is 0.521 e. The Morgan fingerprint density at radius 1 is 1.21 bits per heavy atom. The van der Waals surface area contributed by atoms with Gasteiger partial charge < -0.3 is 17.7 Å². The van der Waals surface area contributed by atoms with Crippen LogP contribution in [0.5, 0.6) is 5.75 Å². The van der Waals surface area contributed by atoms with Crippen LogP contribution in [-0.2, 0) is 0 Å². The SMILES string of the molecule is Cc1ccccc1OC[B-](F)(F)F.[K+]. The molecule has 0 aliphatic heterocycles. The van der Waals surface area contributed by atoms with E-state index in [1.165, 1.54) is 6.07 Å². The molecule has 1 aromatic carbocycles. The van der Waals surface area contributed by atoms with E-state index in [4.69, 9.17) is 0 Å². The minimum Gasteiger partial charge on any atom is -0.521 e. The minimum atomic E-state index is -4.86. The number of para-hydroxylation sites is 1. The molecule has 1 rings (SSSR count). The Morgan fingerprint density at radius 3 is 2.29 bits per heavy atom. The van der Waals surface area contributed by atoms with E-state index >= 15 is 0 Å². The molecule has 0 radical (unpaired) electrons. The second-order valence-corrected chi connectivity index (χ2v) is 2.79. The van der Waals surface area contributed by atoms with Crippen LogP contribution < -0.4 is 56.1 Å². The summed E-state index contributed by atoms with van der Waals surface area (Å²) in [5, 5.41) is 0. The van der Waals surface area contributed by atoms with Crippen molar-refractivity contribution in [3.05, 3.63) is 29.8 Å². The van der Waals surface area contributed by atoms with E-state index in [1.54, 1.807) is 25.1 Å². The monoisotopic (exact) mass is 228 g/mol. The van der Waals surface area contributed by atoms with Crippen molar-refractivity contribution in [1.82, 2.24) is 0 Å². The summed E-state index contributed by atoms with van der Waals surface area (Å²) in [7, 11) is 0. The van der Waals surface area contributed by atoms with Gasteiger partial charge in [0.1, 0.15) is 5.75 Å². The Balaban J connectivity index is 0.00000169. The summed E-state index contributed by atoms with van der Waals surface area (Å²) in [4.78, 5) is 0. The fourth-order valence-electron chi connectivity index (χ4n) is 0.903. The van der Waals surface area contributed by atoms with Gasteiger partial charge in [-0.25, -0.2) is 0 Å². The van der Waals surface area contributed by atoms with Crippen LogP contribution in [-0.4, -0.2) is 13.5 Å². The number of rotatable bonds is 3. The van der Waals surface area contributed by atoms with Gasteiger partial charge in [0.25, 0.3) is 0 Å². The van der Waals surface area contributed by atoms with Crippen molar-refractivity contribution >= 4 is 6.98 Å². The molecule has 0 saturated carbocycles. The van der Waals surface area contributed by atoms with Crippen LogP contribution >= 0.6 is 0 Å². The third-order valence-electron chi connectivity index (χ3n) is 1.52. The standard InChI is InChI=1S/C8H9BF3O.K/c1-7-4-2-3-5-8(7)13-6-9(10,11)12;/h2-5H,6H2,1H3;/q-1;+1. The zero-order valence-electron chi connectivity index (χ0n) is 8.14. The second-order valence-electron chi connectivity index (χ2n) is 2.79. The molecule has 0 spiro atoms. The predicted octanol–water partition coefficient (Wildman–Crippen LogP) is -0.236. The summed E-state index contributed by atoms with van der Waals surface area (Å²) in [6.45, 7) is -4.33. The van der Waals surface area contributed by atoms with E-state index in [-0.39, 0.29) is 51.4 Å². The van der Waals surface area contributed by atoms with Crippen LogP contribution in [0.3, 0.4) is 0 Å². The molecule has 0 aromatic heterocycles. The van der Waals surface area contributed by atoms with Crippen molar-refractivity contribution in [2.45, 2.75) is 6.92 Å². The van der Waals surface area contributed by atoms with Gasteiger partial charge in [-0.2, -0.15) is 0 Å². The van der Waals surface area contributed by atoms with Crippen molar-refractivity contribution in [1.29, 1.82) is 0 Å². The molecular weight excluding hydrogens is 219 g/mol. The van der Waals surface area contributed by atoms with Gasteiger partial charge in [-0.1, -0.05) is 18.2 Å². The first-order chi connectivity index (χ1) is 5.99. The quantitative estimate of drug-likeness (QED) is 0.649. The number of halogens is 3. The van der Waals surface area contributed by atoms with E-state index in [9.17, 15) is 12.9 Å². The number of hydrogen-bond donors (Lipinski definition) is 0. The van der Waals surface area contributed by atoms with Crippen molar-refractivity contribution in [3.63, 3.8) is 0 Å². The van der Waals surface area contributed by atoms with Crippen molar-refractivity contribution in [3.8, 4) is 5.75 Å². The third kappa shape index (κ3) is 5.41. The molecule has 14 heavy (non-hydrogen) atoms. The summed E-state index contributed by atoms with van der Waals surface area (Å²) in [6, 6.07) is 6.63. The normalized spacial score (nSPS) is 10.6. The van der Waals surface area contributed by atoms with Gasteiger partial charge in [0, 0.05) is 0 Å². The maximum atomic E-state index is 11.8. The molecule has 0 heterocycles. The molecule has 0 fully saturated rings. The molecule has 6 heteroatoms. The molecule has 1 nitrogen and oxygen atoms in total. The Labute approximate surface area is 123 Å². The summed E-state index contributed by atoms with van der Waals surface area (Å²) < 4.78 is 40.0. The first kappa shape index (κ1) is 14.5. The fraction of sp³-hybridized carbons (Fsp3) is 0.250. The van der Waals surface area contributed by atoms with Gasteiger partial charge >= 0.3 is 58.4 Å². The molecule has 72 valence electrons. The summed E-state index contributed by atoms with van der Waals surface area (Å²) in [6.07, 6.45) is 0. The largest absolute Gasteiger partial charge is 1.00 e. The van der Waals surface area contributed by atoms with Crippen LogP contribution in [0.15, 0.2) is 24.3 Å². The molecule has 0 amide bonds. The Kier molecular flexibility index (Phi) is 6.40. The average Bonchev–Trinajstić information content (AvgIpc) is 2.01. The van der Waals surface area contributed by atoms with Crippen LogP contribution in [0, 0.1) is 6.92 Å². The van der Waals surface area contributed by atoms with Crippen molar-refractivity contribution in [2.75, 3.05) is 6.51 Å².